The van der Waals surface area contributed by atoms with Crippen LogP contribution >= 0.6 is 0 Å². The van der Waals surface area contributed by atoms with Crippen molar-refractivity contribution in [3.8, 4) is 0 Å². The first-order valence-corrected chi connectivity index (χ1v) is 8.59. The Morgan fingerprint density at radius 3 is 2.00 bits per heavy atom. The van der Waals surface area contributed by atoms with E-state index in [4.69, 9.17) is 10.2 Å². The van der Waals surface area contributed by atoms with Gasteiger partial charge in [0.1, 0.15) is 0 Å². The summed E-state index contributed by atoms with van der Waals surface area (Å²) >= 11 is 0. The third-order valence-corrected chi connectivity index (χ3v) is 4.41. The number of carboxylic acids is 2. The van der Waals surface area contributed by atoms with Crippen LogP contribution < -0.4 is 5.32 Å². The molecule has 0 aliphatic heterocycles. The number of carboxylic acid groups (broad SMARTS) is 2. The minimum absolute atomic E-state index is 0.140. The summed E-state index contributed by atoms with van der Waals surface area (Å²) in [6, 6.07) is 11.5. The van der Waals surface area contributed by atoms with Crippen molar-refractivity contribution in [2.24, 2.45) is 0 Å². The number of nitrogens with one attached hydrogen (secondary N) is 1. The second-order valence-electron chi connectivity index (χ2n) is 6.36. The maximum atomic E-state index is 12.9. The molecule has 1 aliphatic carbocycles. The van der Waals surface area contributed by atoms with Crippen LogP contribution in [0.3, 0.4) is 0 Å². The Hall–Kier alpha value is -3.52. The van der Waals surface area contributed by atoms with Crippen molar-refractivity contribution >= 4 is 29.2 Å². The largest absolute Gasteiger partial charge is 0.480 e. The highest BCUT2D eigenvalue weighted by Crippen LogP contribution is 2.31. The normalized spacial score (nSPS) is 12.5. The first-order valence-electron chi connectivity index (χ1n) is 8.59. The molecule has 8 nitrogen and oxygen atoms in total. The molecular formula is C20H18N2O6. The molecule has 0 saturated heterocycles. The molecule has 8 heteroatoms. The lowest BCUT2D eigenvalue weighted by Crippen LogP contribution is -2.37. The number of carbonyl (C=O) groups is 4. The molecular weight excluding hydrogens is 364 g/mol. The van der Waals surface area contributed by atoms with Gasteiger partial charge in [0.25, 0.3) is 0 Å². The molecule has 0 unspecified atom stereocenters. The summed E-state index contributed by atoms with van der Waals surface area (Å²) in [5.74, 6) is -2.75. The number of benzene rings is 2. The Morgan fingerprint density at radius 1 is 0.821 bits per heavy atom. The lowest BCUT2D eigenvalue weighted by Gasteiger charge is -2.22. The summed E-state index contributed by atoms with van der Waals surface area (Å²) in [5, 5.41) is 20.8. The molecule has 3 N–H and O–H groups in total. The molecule has 0 radical (unpaired) electrons. The predicted octanol–water partition coefficient (Wildman–Crippen LogP) is 1.35. The summed E-state index contributed by atoms with van der Waals surface area (Å²) in [7, 11) is 0. The minimum atomic E-state index is -1.13. The van der Waals surface area contributed by atoms with Crippen LogP contribution in [-0.4, -0.2) is 64.8 Å². The lowest BCUT2D eigenvalue weighted by atomic mass is 9.83. The molecule has 0 spiro atoms. The Kier molecular flexibility index (Phi) is 5.51. The molecule has 0 amide bonds. The molecule has 2 aromatic rings. The molecule has 0 fully saturated rings. The van der Waals surface area contributed by atoms with Gasteiger partial charge < -0.3 is 15.5 Å². The van der Waals surface area contributed by atoms with Gasteiger partial charge >= 0.3 is 11.9 Å². The Labute approximate surface area is 160 Å². The third kappa shape index (κ3) is 3.91. The van der Waals surface area contributed by atoms with Gasteiger partial charge in [0.15, 0.2) is 11.6 Å². The molecule has 2 aromatic carbocycles. The Bertz CT molecular complexity index is 953. The Balaban J connectivity index is 1.80. The van der Waals surface area contributed by atoms with Crippen molar-refractivity contribution < 1.29 is 29.4 Å². The van der Waals surface area contributed by atoms with Gasteiger partial charge in [-0.2, -0.15) is 0 Å². The predicted molar refractivity (Wildman–Crippen MR) is 100.0 cm³/mol. The second-order valence-corrected chi connectivity index (χ2v) is 6.36. The zero-order valence-electron chi connectivity index (χ0n) is 14.8. The number of fused-ring (bicyclic) bond motifs is 2. The monoisotopic (exact) mass is 382 g/mol. The zero-order chi connectivity index (χ0) is 20.3. The van der Waals surface area contributed by atoms with Gasteiger partial charge in [-0.15, -0.1) is 0 Å². The van der Waals surface area contributed by atoms with Gasteiger partial charge in [-0.3, -0.25) is 24.1 Å². The quantitative estimate of drug-likeness (QED) is 0.533. The van der Waals surface area contributed by atoms with E-state index in [1.165, 1.54) is 4.90 Å². The molecule has 0 saturated carbocycles. The van der Waals surface area contributed by atoms with E-state index in [2.05, 4.69) is 5.32 Å². The molecule has 0 bridgehead atoms. The van der Waals surface area contributed by atoms with Gasteiger partial charge in [0.05, 0.1) is 18.7 Å². The number of aliphatic carboxylic acids is 2. The topological polar surface area (TPSA) is 124 Å². The molecule has 28 heavy (non-hydrogen) atoms. The number of anilines is 1. The van der Waals surface area contributed by atoms with E-state index in [1.54, 1.807) is 42.5 Å². The fourth-order valence-electron chi connectivity index (χ4n) is 3.24. The molecule has 144 valence electrons. The van der Waals surface area contributed by atoms with Crippen LogP contribution in [-0.2, 0) is 9.59 Å². The summed E-state index contributed by atoms with van der Waals surface area (Å²) in [6.07, 6.45) is 0. The SMILES string of the molecule is O=C(O)CN(CCNc1cccc2c1C(=O)c1ccccc1C2=O)CC(=O)O. The van der Waals surface area contributed by atoms with E-state index in [1.807, 2.05) is 0 Å². The standard InChI is InChI=1S/C20H18N2O6/c23-16(24)10-22(11-17(25)26)9-8-21-15-7-3-6-14-18(15)20(28)13-5-2-1-4-12(13)19(14)27/h1-7,21H,8-11H2,(H,23,24)(H,25,26). The van der Waals surface area contributed by atoms with Crippen LogP contribution in [0.4, 0.5) is 5.69 Å². The van der Waals surface area contributed by atoms with Gasteiger partial charge in [-0.05, 0) is 6.07 Å². The first kappa shape index (κ1) is 19.2. The smallest absolute Gasteiger partial charge is 0.317 e. The molecule has 1 aliphatic rings. The Morgan fingerprint density at radius 2 is 1.39 bits per heavy atom. The molecule has 0 atom stereocenters. The van der Waals surface area contributed by atoms with Crippen molar-refractivity contribution in [1.29, 1.82) is 0 Å². The van der Waals surface area contributed by atoms with Crippen molar-refractivity contribution in [1.82, 2.24) is 4.90 Å². The summed E-state index contributed by atoms with van der Waals surface area (Å²) < 4.78 is 0. The highest BCUT2D eigenvalue weighted by Gasteiger charge is 2.31. The number of ketones is 2. The third-order valence-electron chi connectivity index (χ3n) is 4.41. The van der Waals surface area contributed by atoms with Crippen molar-refractivity contribution in [3.63, 3.8) is 0 Å². The molecule has 3 rings (SSSR count). The van der Waals surface area contributed by atoms with E-state index in [0.29, 0.717) is 22.4 Å². The van der Waals surface area contributed by atoms with Crippen LogP contribution in [0.25, 0.3) is 0 Å². The second kappa shape index (κ2) is 8.01. The van der Waals surface area contributed by atoms with Crippen LogP contribution in [0.1, 0.15) is 31.8 Å². The van der Waals surface area contributed by atoms with E-state index in [9.17, 15) is 19.2 Å². The fraction of sp³-hybridized carbons (Fsp3) is 0.200. The van der Waals surface area contributed by atoms with Gasteiger partial charge in [-0.1, -0.05) is 36.4 Å². The van der Waals surface area contributed by atoms with Crippen LogP contribution in [0.15, 0.2) is 42.5 Å². The van der Waals surface area contributed by atoms with E-state index >= 15 is 0 Å². The van der Waals surface area contributed by atoms with Crippen molar-refractivity contribution in [2.75, 3.05) is 31.5 Å². The number of carbonyl (C=O) groups excluding carboxylic acids is 2. The number of hydrogen-bond donors (Lipinski definition) is 3. The lowest BCUT2D eigenvalue weighted by molar-refractivity contribution is -0.141. The maximum Gasteiger partial charge on any atom is 0.317 e. The van der Waals surface area contributed by atoms with Crippen molar-refractivity contribution in [2.45, 2.75) is 0 Å². The number of nitrogens with zero attached hydrogens (tertiary/aromatic N) is 1. The average molecular weight is 382 g/mol. The first-order chi connectivity index (χ1) is 13.4. The molecule has 0 heterocycles. The van der Waals surface area contributed by atoms with Crippen LogP contribution in [0, 0.1) is 0 Å². The molecule has 0 aromatic heterocycles. The van der Waals surface area contributed by atoms with Crippen LogP contribution in [0.2, 0.25) is 0 Å². The summed E-state index contributed by atoms with van der Waals surface area (Å²) in [4.78, 5) is 48.6. The van der Waals surface area contributed by atoms with E-state index < -0.39 is 25.0 Å². The minimum Gasteiger partial charge on any atom is -0.480 e. The summed E-state index contributed by atoms with van der Waals surface area (Å²) in [5.41, 5.74) is 1.74. The van der Waals surface area contributed by atoms with Gasteiger partial charge in [0.2, 0.25) is 0 Å². The van der Waals surface area contributed by atoms with E-state index in [0.717, 1.165) is 0 Å². The maximum absolute atomic E-state index is 12.9. The summed E-state index contributed by atoms with van der Waals surface area (Å²) in [6.45, 7) is -0.474. The van der Waals surface area contributed by atoms with Crippen LogP contribution in [0.5, 0.6) is 0 Å². The highest BCUT2D eigenvalue weighted by atomic mass is 16.4. The number of hydrogen-bond acceptors (Lipinski definition) is 6. The van der Waals surface area contributed by atoms with E-state index in [-0.39, 0.29) is 30.2 Å². The van der Waals surface area contributed by atoms with Crippen molar-refractivity contribution in [3.05, 3.63) is 64.7 Å². The number of rotatable bonds is 8. The highest BCUT2D eigenvalue weighted by molar-refractivity contribution is 6.30. The van der Waals surface area contributed by atoms with Gasteiger partial charge in [-0.25, -0.2) is 0 Å². The average Bonchev–Trinajstić information content (AvgIpc) is 2.65. The fourth-order valence-corrected chi connectivity index (χ4v) is 3.24. The van der Waals surface area contributed by atoms with Gasteiger partial charge in [0, 0.05) is 35.5 Å². The zero-order valence-corrected chi connectivity index (χ0v) is 14.8.